The first kappa shape index (κ1) is 15.3. The minimum Gasteiger partial charge on any atom is -0.496 e. The Hall–Kier alpha value is -2.92. The molecule has 26 heavy (non-hydrogen) atoms. The van der Waals surface area contributed by atoms with E-state index in [1.807, 2.05) is 18.2 Å². The quantitative estimate of drug-likeness (QED) is 0.756. The second kappa shape index (κ2) is 5.54. The van der Waals surface area contributed by atoms with E-state index in [9.17, 15) is 0 Å². The Morgan fingerprint density at radius 1 is 1.04 bits per heavy atom. The molecule has 0 unspecified atom stereocenters. The van der Waals surface area contributed by atoms with Crippen molar-refractivity contribution in [3.05, 3.63) is 75.1 Å². The van der Waals surface area contributed by atoms with Gasteiger partial charge in [-0.3, -0.25) is 0 Å². The van der Waals surface area contributed by atoms with Gasteiger partial charge in [-0.1, -0.05) is 35.0 Å². The van der Waals surface area contributed by atoms with Crippen LogP contribution in [-0.4, -0.2) is 27.7 Å². The van der Waals surface area contributed by atoms with Crippen LogP contribution in [0.1, 0.15) is 35.0 Å². The summed E-state index contributed by atoms with van der Waals surface area (Å²) in [5.41, 5.74) is 9.74. The van der Waals surface area contributed by atoms with E-state index in [0.717, 1.165) is 21.9 Å². The van der Waals surface area contributed by atoms with Gasteiger partial charge in [-0.2, -0.15) is 5.21 Å². The van der Waals surface area contributed by atoms with Gasteiger partial charge < -0.3 is 4.74 Å². The number of methoxy groups -OCH3 is 1. The Labute approximate surface area is 155 Å². The zero-order chi connectivity index (χ0) is 17.8. The number of aromatic nitrogens is 4. The van der Waals surface area contributed by atoms with Crippen LogP contribution < -0.4 is 4.74 Å². The molecule has 1 aromatic heterocycles. The summed E-state index contributed by atoms with van der Waals surface area (Å²) in [6.45, 7) is 2.16. The normalized spacial score (nSPS) is 14.6. The van der Waals surface area contributed by atoms with Crippen LogP contribution in [0.5, 0.6) is 5.75 Å². The van der Waals surface area contributed by atoms with Gasteiger partial charge >= 0.3 is 0 Å². The van der Waals surface area contributed by atoms with Gasteiger partial charge in [-0.15, -0.1) is 10.2 Å². The molecule has 2 aliphatic carbocycles. The first-order valence-corrected chi connectivity index (χ1v) is 8.71. The number of aromatic amines is 1. The van der Waals surface area contributed by atoms with Gasteiger partial charge in [0.05, 0.1) is 7.11 Å². The Balaban J connectivity index is 1.75. The van der Waals surface area contributed by atoms with E-state index in [4.69, 9.17) is 16.3 Å². The minimum atomic E-state index is 0.646. The molecule has 128 valence electrons. The molecule has 1 N–H and O–H groups in total. The third kappa shape index (κ3) is 2.01. The number of halogens is 1. The lowest BCUT2D eigenvalue weighted by molar-refractivity contribution is 0.413. The number of benzene rings is 2. The lowest BCUT2D eigenvalue weighted by Crippen LogP contribution is -2.02. The molecule has 1 heterocycles. The predicted octanol–water partition coefficient (Wildman–Crippen LogP) is 4.16. The highest BCUT2D eigenvalue weighted by atomic mass is 35.5. The second-order valence-electron chi connectivity index (χ2n) is 6.43. The van der Waals surface area contributed by atoms with E-state index in [1.165, 1.54) is 33.4 Å². The summed E-state index contributed by atoms with van der Waals surface area (Å²) >= 11 is 6.09. The molecule has 6 heteroatoms. The van der Waals surface area contributed by atoms with Crippen molar-refractivity contribution in [1.29, 1.82) is 0 Å². The van der Waals surface area contributed by atoms with Crippen molar-refractivity contribution in [2.75, 3.05) is 7.11 Å². The number of H-pyrrole nitrogens is 1. The molecular formula is C20H15ClN4O. The molecule has 0 fully saturated rings. The van der Waals surface area contributed by atoms with E-state index in [2.05, 4.69) is 45.7 Å². The summed E-state index contributed by atoms with van der Waals surface area (Å²) in [7, 11) is 1.71. The van der Waals surface area contributed by atoms with E-state index in [-0.39, 0.29) is 0 Å². The molecule has 5 nitrogen and oxygen atoms in total. The van der Waals surface area contributed by atoms with Crippen molar-refractivity contribution in [3.8, 4) is 5.75 Å². The molecule has 3 aromatic rings. The van der Waals surface area contributed by atoms with Crippen molar-refractivity contribution in [3.63, 3.8) is 0 Å². The fourth-order valence-electron chi connectivity index (χ4n) is 4.05. The fraction of sp³-hybridized carbons (Fsp3) is 0.150. The second-order valence-corrected chi connectivity index (χ2v) is 6.87. The molecule has 0 radical (unpaired) electrons. The highest BCUT2D eigenvalue weighted by Crippen LogP contribution is 2.58. The van der Waals surface area contributed by atoms with E-state index >= 15 is 0 Å². The Bertz CT molecular complexity index is 1100. The van der Waals surface area contributed by atoms with Crippen molar-refractivity contribution >= 4 is 28.3 Å². The fourth-order valence-corrected chi connectivity index (χ4v) is 4.18. The first-order chi connectivity index (χ1) is 12.7. The van der Waals surface area contributed by atoms with Crippen LogP contribution in [0.2, 0.25) is 5.02 Å². The van der Waals surface area contributed by atoms with Gasteiger partial charge in [-0.05, 0) is 58.5 Å². The predicted molar refractivity (Wildman–Crippen MR) is 101 cm³/mol. The molecule has 0 spiro atoms. The Morgan fingerprint density at radius 3 is 2.54 bits per heavy atom. The summed E-state index contributed by atoms with van der Waals surface area (Å²) in [4.78, 5) is 0. The summed E-state index contributed by atoms with van der Waals surface area (Å²) in [5.74, 6) is 1.57. The van der Waals surface area contributed by atoms with Gasteiger partial charge in [0.25, 0.3) is 0 Å². The lowest BCUT2D eigenvalue weighted by Gasteiger charge is -2.18. The third-order valence-corrected chi connectivity index (χ3v) is 5.39. The number of ether oxygens (including phenoxy) is 1. The van der Waals surface area contributed by atoms with Crippen LogP contribution in [-0.2, 0) is 6.42 Å². The molecule has 0 aliphatic heterocycles. The summed E-state index contributed by atoms with van der Waals surface area (Å²) in [6, 6.07) is 12.2. The van der Waals surface area contributed by atoms with Crippen molar-refractivity contribution in [1.82, 2.24) is 20.6 Å². The van der Waals surface area contributed by atoms with Crippen molar-refractivity contribution < 1.29 is 4.74 Å². The van der Waals surface area contributed by atoms with Crippen LogP contribution in [0, 0.1) is 0 Å². The number of tetrazole rings is 1. The smallest absolute Gasteiger partial charge is 0.178 e. The van der Waals surface area contributed by atoms with Gasteiger partial charge in [0, 0.05) is 22.6 Å². The molecule has 2 aromatic carbocycles. The average Bonchev–Trinajstić information content (AvgIpc) is 3.30. The minimum absolute atomic E-state index is 0.646. The van der Waals surface area contributed by atoms with Crippen LogP contribution in [0.15, 0.2) is 42.0 Å². The average molecular weight is 363 g/mol. The Kier molecular flexibility index (Phi) is 3.27. The monoisotopic (exact) mass is 362 g/mol. The van der Waals surface area contributed by atoms with Crippen LogP contribution >= 0.6 is 11.6 Å². The number of hydrogen-bond donors (Lipinski definition) is 1. The van der Waals surface area contributed by atoms with E-state index in [1.54, 1.807) is 7.11 Å². The molecule has 0 amide bonds. The number of allylic oxidation sites excluding steroid dienone is 3. The summed E-state index contributed by atoms with van der Waals surface area (Å²) in [5, 5.41) is 15.2. The van der Waals surface area contributed by atoms with Gasteiger partial charge in [0.1, 0.15) is 5.75 Å². The van der Waals surface area contributed by atoms with Gasteiger partial charge in [0.2, 0.25) is 0 Å². The zero-order valence-corrected chi connectivity index (χ0v) is 15.1. The summed E-state index contributed by atoms with van der Waals surface area (Å²) < 4.78 is 5.69. The molecule has 2 aliphatic rings. The van der Waals surface area contributed by atoms with Crippen LogP contribution in [0.3, 0.4) is 0 Å². The zero-order valence-electron chi connectivity index (χ0n) is 14.3. The maximum Gasteiger partial charge on any atom is 0.178 e. The highest BCUT2D eigenvalue weighted by molar-refractivity contribution is 6.30. The highest BCUT2D eigenvalue weighted by Gasteiger charge is 2.38. The van der Waals surface area contributed by atoms with Gasteiger partial charge in [0.15, 0.2) is 5.82 Å². The summed E-state index contributed by atoms with van der Waals surface area (Å²) in [6.07, 6.45) is 0.646. The SMILES string of the molecule is COc1ccc2c3c1C(c1ccc(Cl)cc1)=C2C(C)=C3Cc1nn[nH]n1. The molecule has 0 atom stereocenters. The van der Waals surface area contributed by atoms with Crippen LogP contribution in [0.4, 0.5) is 0 Å². The standard InChI is InChI=1S/C20H15ClN4O/c1-10-14(9-16-22-24-25-23-16)19-13-7-8-15(26-2)20(19)18(17(10)13)11-3-5-12(21)6-4-11/h3-8H,9H2,1-2H3,(H,22,23,24,25). The molecule has 0 saturated carbocycles. The maximum atomic E-state index is 6.09. The molecule has 0 saturated heterocycles. The first-order valence-electron chi connectivity index (χ1n) is 8.33. The van der Waals surface area contributed by atoms with Gasteiger partial charge in [-0.25, -0.2) is 0 Å². The maximum absolute atomic E-state index is 6.09. The topological polar surface area (TPSA) is 63.7 Å². The Morgan fingerprint density at radius 2 is 1.85 bits per heavy atom. The van der Waals surface area contributed by atoms with Crippen molar-refractivity contribution in [2.24, 2.45) is 0 Å². The largest absolute Gasteiger partial charge is 0.496 e. The number of nitrogens with one attached hydrogen (secondary N) is 1. The van der Waals surface area contributed by atoms with E-state index < -0.39 is 0 Å². The number of hydrogen-bond acceptors (Lipinski definition) is 4. The number of nitrogens with zero attached hydrogens (tertiary/aromatic N) is 3. The lowest BCUT2D eigenvalue weighted by atomic mass is 9.87. The molecular weight excluding hydrogens is 348 g/mol. The van der Waals surface area contributed by atoms with E-state index in [0.29, 0.717) is 12.2 Å². The third-order valence-electron chi connectivity index (χ3n) is 5.14. The number of rotatable bonds is 4. The van der Waals surface area contributed by atoms with Crippen molar-refractivity contribution in [2.45, 2.75) is 13.3 Å². The van der Waals surface area contributed by atoms with Crippen LogP contribution in [0.25, 0.3) is 16.7 Å². The molecule has 4 bridgehead atoms. The molecule has 5 rings (SSSR count).